The number of rotatable bonds is 12. The predicted octanol–water partition coefficient (Wildman–Crippen LogP) is 5.45. The van der Waals surface area contributed by atoms with Crippen LogP contribution in [0.15, 0.2) is 71.7 Å². The minimum absolute atomic E-state index is 0.0702. The average molecular weight is 741 g/mol. The van der Waals surface area contributed by atoms with Crippen LogP contribution < -0.4 is 31.6 Å². The summed E-state index contributed by atoms with van der Waals surface area (Å²) >= 11 is 14.3. The fraction of sp³-hybridized carbons (Fsp3) is 0.308. The number of hydrogen-bond acceptors (Lipinski definition) is 8. The molecule has 0 saturated carbocycles. The smallest absolute Gasteiger partial charge is 0.258 e. The number of carbonyl (C=O) groups excluding carboxylic acids is 2. The van der Waals surface area contributed by atoms with Crippen LogP contribution in [0.3, 0.4) is 0 Å². The van der Waals surface area contributed by atoms with E-state index in [2.05, 4.69) is 21.3 Å². The molecule has 2 fully saturated rings. The number of nitrogens with zero attached hydrogens (tertiary/aromatic N) is 3. The first kappa shape index (κ1) is 35.6. The second kappa shape index (κ2) is 15.4. The lowest BCUT2D eigenvalue weighted by Crippen LogP contribution is -2.35. The number of carbonyl (C=O) groups is 2. The Morgan fingerprint density at radius 1 is 0.808 bits per heavy atom. The van der Waals surface area contributed by atoms with Gasteiger partial charge in [0.1, 0.15) is 5.65 Å². The molecule has 2 atom stereocenters. The van der Waals surface area contributed by atoms with Crippen molar-refractivity contribution in [3.05, 3.63) is 104 Å². The summed E-state index contributed by atoms with van der Waals surface area (Å²) in [5.74, 6) is 0.648. The highest BCUT2D eigenvalue weighted by molar-refractivity contribution is 6.39. The summed E-state index contributed by atoms with van der Waals surface area (Å²) in [4.78, 5) is 45.9. The van der Waals surface area contributed by atoms with Gasteiger partial charge in [-0.2, -0.15) is 0 Å². The maximum Gasteiger partial charge on any atom is 0.258 e. The summed E-state index contributed by atoms with van der Waals surface area (Å²) in [6.45, 7) is 4.16. The first-order valence-electron chi connectivity index (χ1n) is 17.3. The molecule has 3 aromatic heterocycles. The van der Waals surface area contributed by atoms with Crippen LogP contribution in [0.5, 0.6) is 5.88 Å². The summed E-state index contributed by atoms with van der Waals surface area (Å²) in [5.41, 5.74) is 7.08. The van der Waals surface area contributed by atoms with Crippen LogP contribution in [0.2, 0.25) is 10.0 Å². The van der Waals surface area contributed by atoms with E-state index < -0.39 is 0 Å². The standard InChI is InChI=1S/C39H39Cl2N7O4/c1-22-15-24(21-48-35(51)16-27(46-38(22)48)20-43-19-26-11-14-34(50)45-26)28-5-3-6-29(36(28)40)30-7-4-8-31(37(30)41)32-12-9-23(39(47-32)52-2)17-42-18-25-10-13-33(49)44-25/h3-9,12,15-16,21,25-26,42-43H,10-11,13-14,17-20H2,1-2H3,(H,44,49)(H,45,50). The lowest BCUT2D eigenvalue weighted by molar-refractivity contribution is -0.120. The number of amides is 2. The number of benzene rings is 2. The first-order chi connectivity index (χ1) is 25.2. The molecular weight excluding hydrogens is 701 g/mol. The fourth-order valence-corrected chi connectivity index (χ4v) is 7.56. The number of hydrogen-bond donors (Lipinski definition) is 4. The molecule has 0 bridgehead atoms. The molecular formula is C39H39Cl2N7O4. The van der Waals surface area contributed by atoms with Crippen molar-refractivity contribution in [2.45, 2.75) is 57.8 Å². The Hall–Kier alpha value is -4.81. The van der Waals surface area contributed by atoms with Gasteiger partial charge in [0.2, 0.25) is 17.7 Å². The van der Waals surface area contributed by atoms with Gasteiger partial charge in [-0.3, -0.25) is 18.8 Å². The molecule has 5 aromatic rings. The Balaban J connectivity index is 1.13. The normalized spacial score (nSPS) is 17.1. The molecule has 2 amide bonds. The van der Waals surface area contributed by atoms with Crippen LogP contribution in [-0.4, -0.2) is 58.5 Å². The number of aryl methyl sites for hydroxylation is 1. The predicted molar refractivity (Wildman–Crippen MR) is 203 cm³/mol. The van der Waals surface area contributed by atoms with Crippen LogP contribution in [0.4, 0.5) is 0 Å². The SMILES string of the molecule is COc1nc(-c2cccc(-c3cccc(-c4cc(C)c5nc(CNCC6CCC(=O)N6)cc(=O)n5c4)c3Cl)c2Cl)ccc1CNCC1CCC(=O)N1. The minimum atomic E-state index is -0.198. The summed E-state index contributed by atoms with van der Waals surface area (Å²) in [5, 5.41) is 13.6. The molecule has 2 saturated heterocycles. The number of methoxy groups -OCH3 is 1. The quantitative estimate of drug-likeness (QED) is 0.133. The Morgan fingerprint density at radius 3 is 2.06 bits per heavy atom. The number of nitrogens with one attached hydrogen (secondary N) is 4. The van der Waals surface area contributed by atoms with Crippen molar-refractivity contribution in [1.29, 1.82) is 0 Å². The van der Waals surface area contributed by atoms with E-state index >= 15 is 0 Å². The van der Waals surface area contributed by atoms with E-state index in [1.54, 1.807) is 17.7 Å². The molecule has 52 heavy (non-hydrogen) atoms. The van der Waals surface area contributed by atoms with Crippen molar-refractivity contribution < 1.29 is 14.3 Å². The lowest BCUT2D eigenvalue weighted by Gasteiger charge is -2.16. The van der Waals surface area contributed by atoms with Crippen molar-refractivity contribution >= 4 is 40.7 Å². The maximum absolute atomic E-state index is 13.3. The molecule has 5 heterocycles. The molecule has 2 aliphatic heterocycles. The molecule has 7 rings (SSSR count). The van der Waals surface area contributed by atoms with Gasteiger partial charge >= 0.3 is 0 Å². The van der Waals surface area contributed by atoms with Gasteiger partial charge in [0.25, 0.3) is 5.56 Å². The highest BCUT2D eigenvalue weighted by Gasteiger charge is 2.22. The van der Waals surface area contributed by atoms with E-state index in [9.17, 15) is 14.4 Å². The molecule has 268 valence electrons. The minimum Gasteiger partial charge on any atom is -0.481 e. The van der Waals surface area contributed by atoms with Crippen LogP contribution in [-0.2, 0) is 22.7 Å². The zero-order valence-electron chi connectivity index (χ0n) is 28.9. The van der Waals surface area contributed by atoms with Crippen molar-refractivity contribution in [3.63, 3.8) is 0 Å². The zero-order chi connectivity index (χ0) is 36.4. The van der Waals surface area contributed by atoms with Crippen molar-refractivity contribution in [1.82, 2.24) is 35.6 Å². The van der Waals surface area contributed by atoms with Crippen LogP contribution in [0, 0.1) is 6.92 Å². The largest absolute Gasteiger partial charge is 0.481 e. The summed E-state index contributed by atoms with van der Waals surface area (Å²) < 4.78 is 7.20. The fourth-order valence-electron chi connectivity index (χ4n) is 6.90. The molecule has 0 radical (unpaired) electrons. The van der Waals surface area contributed by atoms with Gasteiger partial charge in [0.15, 0.2) is 0 Å². The second-order valence-corrected chi connectivity index (χ2v) is 14.0. The number of halogens is 2. The third-order valence-electron chi connectivity index (χ3n) is 9.58. The maximum atomic E-state index is 13.3. The molecule has 2 aliphatic rings. The lowest BCUT2D eigenvalue weighted by atomic mass is 9.97. The number of aromatic nitrogens is 3. The molecule has 11 nitrogen and oxygen atoms in total. The third-order valence-corrected chi connectivity index (χ3v) is 10.4. The molecule has 13 heteroatoms. The molecule has 2 aromatic carbocycles. The van der Waals surface area contributed by atoms with E-state index in [-0.39, 0.29) is 29.5 Å². The van der Waals surface area contributed by atoms with E-state index in [1.807, 2.05) is 61.5 Å². The van der Waals surface area contributed by atoms with E-state index in [0.29, 0.717) is 72.0 Å². The summed E-state index contributed by atoms with van der Waals surface area (Å²) in [7, 11) is 1.59. The Kier molecular flexibility index (Phi) is 10.6. The topological polar surface area (TPSA) is 139 Å². The Morgan fingerprint density at radius 2 is 1.42 bits per heavy atom. The van der Waals surface area contributed by atoms with Crippen LogP contribution in [0.25, 0.3) is 39.2 Å². The third kappa shape index (κ3) is 7.54. The first-order valence-corrected chi connectivity index (χ1v) is 18.1. The van der Waals surface area contributed by atoms with Crippen molar-refractivity contribution in [2.24, 2.45) is 0 Å². The monoisotopic (exact) mass is 739 g/mol. The highest BCUT2D eigenvalue weighted by Crippen LogP contribution is 2.42. The van der Waals surface area contributed by atoms with Gasteiger partial charge in [0.05, 0.1) is 28.5 Å². The van der Waals surface area contributed by atoms with Crippen molar-refractivity contribution in [3.8, 4) is 39.4 Å². The molecule has 0 spiro atoms. The number of pyridine rings is 2. The number of ether oxygens (including phenoxy) is 1. The van der Waals surface area contributed by atoms with Gasteiger partial charge in [-0.05, 0) is 37.5 Å². The molecule has 0 aliphatic carbocycles. The highest BCUT2D eigenvalue weighted by atomic mass is 35.5. The van der Waals surface area contributed by atoms with E-state index in [0.717, 1.165) is 51.8 Å². The van der Waals surface area contributed by atoms with Gasteiger partial charge in [-0.25, -0.2) is 9.97 Å². The summed E-state index contributed by atoms with van der Waals surface area (Å²) in [6.07, 6.45) is 4.50. The average Bonchev–Trinajstić information content (AvgIpc) is 3.75. The van der Waals surface area contributed by atoms with E-state index in [4.69, 9.17) is 37.9 Å². The van der Waals surface area contributed by atoms with Gasteiger partial charge in [0, 0.05) is 96.7 Å². The van der Waals surface area contributed by atoms with Gasteiger partial charge < -0.3 is 26.0 Å². The van der Waals surface area contributed by atoms with Crippen LogP contribution in [0.1, 0.15) is 42.5 Å². The zero-order valence-corrected chi connectivity index (χ0v) is 30.4. The number of fused-ring (bicyclic) bond motifs is 1. The van der Waals surface area contributed by atoms with Crippen LogP contribution >= 0.6 is 23.2 Å². The second-order valence-electron chi connectivity index (χ2n) is 13.3. The van der Waals surface area contributed by atoms with Gasteiger partial charge in [-0.15, -0.1) is 0 Å². The Labute approximate surface area is 311 Å². The Bertz CT molecular complexity index is 2240. The molecule has 2 unspecified atom stereocenters. The molecule has 4 N–H and O–H groups in total. The van der Waals surface area contributed by atoms with Gasteiger partial charge in [-0.1, -0.05) is 65.7 Å². The van der Waals surface area contributed by atoms with E-state index in [1.165, 1.54) is 6.07 Å². The summed E-state index contributed by atoms with van der Waals surface area (Å²) in [6, 6.07) is 19.1. The van der Waals surface area contributed by atoms with Crippen molar-refractivity contribution in [2.75, 3.05) is 20.2 Å².